The van der Waals surface area contributed by atoms with Gasteiger partial charge in [-0.05, 0) is 19.4 Å². The highest BCUT2D eigenvalue weighted by Crippen LogP contribution is 2.30. The molecule has 0 saturated carbocycles. The standard InChI is InChI=1S/C14H16N4O4/c1-3-22-13(19)11-9(2)15-14(17-18(20)21)16-12(11)10-7-5-4-6-8-10/h4-8,12H,3H2,1-2H3,(H2,15,16,17)/t12-/m0/s1. The van der Waals surface area contributed by atoms with E-state index in [4.69, 9.17) is 4.74 Å². The number of ether oxygens (including phenoxy) is 1. The highest BCUT2D eigenvalue weighted by molar-refractivity contribution is 5.95. The number of rotatable bonds is 4. The minimum Gasteiger partial charge on any atom is -0.463 e. The lowest BCUT2D eigenvalue weighted by Gasteiger charge is -2.24. The van der Waals surface area contributed by atoms with Gasteiger partial charge in [-0.15, -0.1) is 0 Å². The molecule has 116 valence electrons. The number of nitro groups is 1. The number of benzene rings is 1. The van der Waals surface area contributed by atoms with E-state index in [1.54, 1.807) is 26.0 Å². The second-order valence-electron chi connectivity index (χ2n) is 4.54. The van der Waals surface area contributed by atoms with Crippen LogP contribution in [-0.4, -0.2) is 23.6 Å². The minimum absolute atomic E-state index is 0.0237. The van der Waals surface area contributed by atoms with Crippen LogP contribution in [0.5, 0.6) is 0 Å². The molecule has 0 aliphatic carbocycles. The molecule has 0 radical (unpaired) electrons. The summed E-state index contributed by atoms with van der Waals surface area (Å²) in [7, 11) is 0. The van der Waals surface area contributed by atoms with E-state index < -0.39 is 17.0 Å². The SMILES string of the molecule is CCOC(=O)C1=C(C)NC(N[N+](=O)[O-])=N[C@H]1c1ccccc1. The molecule has 1 heterocycles. The lowest BCUT2D eigenvalue weighted by molar-refractivity contribution is -0.525. The van der Waals surface area contributed by atoms with Crippen molar-refractivity contribution in [2.24, 2.45) is 4.99 Å². The molecule has 2 rings (SSSR count). The highest BCUT2D eigenvalue weighted by Gasteiger charge is 2.31. The van der Waals surface area contributed by atoms with Crippen LogP contribution in [0.2, 0.25) is 0 Å². The first kappa shape index (κ1) is 15.5. The molecule has 0 bridgehead atoms. The third-order valence-electron chi connectivity index (χ3n) is 3.05. The first-order valence-corrected chi connectivity index (χ1v) is 6.71. The lowest BCUT2D eigenvalue weighted by atomic mass is 9.96. The number of nitrogens with zero attached hydrogens (tertiary/aromatic N) is 2. The maximum absolute atomic E-state index is 12.2. The molecule has 1 aromatic rings. The summed E-state index contributed by atoms with van der Waals surface area (Å²) in [6, 6.07) is 8.40. The zero-order valence-electron chi connectivity index (χ0n) is 12.2. The Morgan fingerprint density at radius 3 is 2.73 bits per heavy atom. The van der Waals surface area contributed by atoms with Gasteiger partial charge < -0.3 is 10.1 Å². The third kappa shape index (κ3) is 3.40. The van der Waals surface area contributed by atoms with Gasteiger partial charge >= 0.3 is 5.97 Å². The summed E-state index contributed by atoms with van der Waals surface area (Å²) >= 11 is 0. The molecule has 0 amide bonds. The summed E-state index contributed by atoms with van der Waals surface area (Å²) in [5.41, 5.74) is 3.52. The van der Waals surface area contributed by atoms with Crippen molar-refractivity contribution < 1.29 is 14.6 Å². The van der Waals surface area contributed by atoms with E-state index in [1.165, 1.54) is 0 Å². The van der Waals surface area contributed by atoms with Crippen molar-refractivity contribution in [2.75, 3.05) is 6.61 Å². The predicted molar refractivity (Wildman–Crippen MR) is 79.2 cm³/mol. The van der Waals surface area contributed by atoms with Crippen LogP contribution in [0, 0.1) is 10.1 Å². The van der Waals surface area contributed by atoms with Crippen LogP contribution in [0.1, 0.15) is 25.5 Å². The van der Waals surface area contributed by atoms with Gasteiger partial charge in [-0.3, -0.25) is 0 Å². The van der Waals surface area contributed by atoms with Crippen LogP contribution in [0.4, 0.5) is 0 Å². The number of carbonyl (C=O) groups is 1. The summed E-state index contributed by atoms with van der Waals surface area (Å²) in [5, 5.41) is 12.6. The van der Waals surface area contributed by atoms with Gasteiger partial charge in [0.25, 0.3) is 5.96 Å². The molecule has 0 spiro atoms. The van der Waals surface area contributed by atoms with E-state index in [0.29, 0.717) is 11.3 Å². The number of esters is 1. The first-order valence-electron chi connectivity index (χ1n) is 6.71. The largest absolute Gasteiger partial charge is 0.463 e. The molecule has 1 aromatic carbocycles. The number of aliphatic imine (C=N–C) groups is 1. The Balaban J connectivity index is 2.42. The fraction of sp³-hybridized carbons (Fsp3) is 0.286. The maximum atomic E-state index is 12.2. The Bertz CT molecular complexity index is 640. The first-order chi connectivity index (χ1) is 10.5. The molecule has 0 unspecified atom stereocenters. The van der Waals surface area contributed by atoms with E-state index >= 15 is 0 Å². The number of nitrogens with one attached hydrogen (secondary N) is 2. The van der Waals surface area contributed by atoms with Crippen LogP contribution in [0.25, 0.3) is 0 Å². The molecule has 1 atom stereocenters. The van der Waals surface area contributed by atoms with Crippen LogP contribution in [0.3, 0.4) is 0 Å². The topological polar surface area (TPSA) is 106 Å². The molecule has 2 N–H and O–H groups in total. The van der Waals surface area contributed by atoms with Gasteiger partial charge in [0.1, 0.15) is 6.04 Å². The number of hydrazine groups is 1. The predicted octanol–water partition coefficient (Wildman–Crippen LogP) is 1.31. The normalized spacial score (nSPS) is 17.4. The summed E-state index contributed by atoms with van der Waals surface area (Å²) in [4.78, 5) is 27.0. The van der Waals surface area contributed by atoms with Crippen LogP contribution in [-0.2, 0) is 9.53 Å². The molecule has 8 nitrogen and oxygen atoms in total. The molecule has 1 aliphatic heterocycles. The van der Waals surface area contributed by atoms with Crippen molar-refractivity contribution >= 4 is 11.9 Å². The van der Waals surface area contributed by atoms with Crippen LogP contribution >= 0.6 is 0 Å². The second kappa shape index (κ2) is 6.70. The molecule has 1 aliphatic rings. The van der Waals surface area contributed by atoms with Gasteiger partial charge in [0.2, 0.25) is 0 Å². The lowest BCUT2D eigenvalue weighted by Crippen LogP contribution is -2.43. The highest BCUT2D eigenvalue weighted by atomic mass is 16.7. The molecular weight excluding hydrogens is 288 g/mol. The van der Waals surface area contributed by atoms with Crippen molar-refractivity contribution in [2.45, 2.75) is 19.9 Å². The van der Waals surface area contributed by atoms with Crippen molar-refractivity contribution in [3.8, 4) is 0 Å². The van der Waals surface area contributed by atoms with Gasteiger partial charge in [-0.25, -0.2) is 19.9 Å². The summed E-state index contributed by atoms with van der Waals surface area (Å²) in [6.07, 6.45) is 0. The average molecular weight is 304 g/mol. The number of hydrogen-bond donors (Lipinski definition) is 2. The number of carbonyl (C=O) groups excluding carboxylic acids is 1. The van der Waals surface area contributed by atoms with Crippen LogP contribution < -0.4 is 10.7 Å². The van der Waals surface area contributed by atoms with E-state index in [2.05, 4.69) is 10.3 Å². The van der Waals surface area contributed by atoms with Crippen molar-refractivity contribution in [3.63, 3.8) is 0 Å². The molecule has 0 fully saturated rings. The smallest absolute Gasteiger partial charge is 0.338 e. The summed E-state index contributed by atoms with van der Waals surface area (Å²) in [6.45, 7) is 3.60. The molecule has 0 saturated heterocycles. The number of guanidine groups is 1. The maximum Gasteiger partial charge on any atom is 0.338 e. The third-order valence-corrected chi connectivity index (χ3v) is 3.05. The molecule has 8 heteroatoms. The van der Waals surface area contributed by atoms with E-state index in [9.17, 15) is 14.9 Å². The van der Waals surface area contributed by atoms with Crippen LogP contribution in [0.15, 0.2) is 46.6 Å². The zero-order chi connectivity index (χ0) is 16.1. The Kier molecular flexibility index (Phi) is 4.72. The number of hydrogen-bond acceptors (Lipinski definition) is 6. The average Bonchev–Trinajstić information content (AvgIpc) is 2.47. The van der Waals surface area contributed by atoms with Gasteiger partial charge in [0.05, 0.1) is 12.2 Å². The monoisotopic (exact) mass is 304 g/mol. The van der Waals surface area contributed by atoms with E-state index in [0.717, 1.165) is 5.56 Å². The van der Waals surface area contributed by atoms with E-state index in [1.807, 2.05) is 23.6 Å². The second-order valence-corrected chi connectivity index (χ2v) is 4.54. The van der Waals surface area contributed by atoms with Gasteiger partial charge in [0.15, 0.2) is 5.03 Å². The number of allylic oxidation sites excluding steroid dienone is 1. The van der Waals surface area contributed by atoms with E-state index in [-0.39, 0.29) is 12.6 Å². The Labute approximate surface area is 127 Å². The fourth-order valence-corrected chi connectivity index (χ4v) is 2.17. The fourth-order valence-electron chi connectivity index (χ4n) is 2.17. The van der Waals surface area contributed by atoms with Crippen molar-refractivity contribution in [1.29, 1.82) is 0 Å². The Morgan fingerprint density at radius 1 is 1.45 bits per heavy atom. The molecule has 22 heavy (non-hydrogen) atoms. The van der Waals surface area contributed by atoms with Gasteiger partial charge in [-0.2, -0.15) is 0 Å². The molecule has 0 aromatic heterocycles. The zero-order valence-corrected chi connectivity index (χ0v) is 12.2. The van der Waals surface area contributed by atoms with Gasteiger partial charge in [0, 0.05) is 5.70 Å². The van der Waals surface area contributed by atoms with Crippen molar-refractivity contribution in [3.05, 3.63) is 57.3 Å². The minimum atomic E-state index is -0.712. The molecular formula is C14H16N4O4. The summed E-state index contributed by atoms with van der Waals surface area (Å²) in [5.74, 6) is -0.519. The quantitative estimate of drug-likeness (QED) is 0.493. The Morgan fingerprint density at radius 2 is 2.14 bits per heavy atom. The van der Waals surface area contributed by atoms with Crippen molar-refractivity contribution in [1.82, 2.24) is 10.7 Å². The van der Waals surface area contributed by atoms with Gasteiger partial charge in [-0.1, -0.05) is 35.8 Å². The summed E-state index contributed by atoms with van der Waals surface area (Å²) < 4.78 is 5.06. The Hall–Kier alpha value is -2.90.